The third-order valence-electron chi connectivity index (χ3n) is 3.23. The molecule has 0 saturated carbocycles. The van der Waals surface area contributed by atoms with E-state index in [1.54, 1.807) is 12.4 Å². The highest BCUT2D eigenvalue weighted by Crippen LogP contribution is 2.24. The number of likely N-dealkylation sites (N-methyl/N-ethyl adjacent to an activating group) is 1. The second-order valence-electron chi connectivity index (χ2n) is 4.56. The van der Waals surface area contributed by atoms with Gasteiger partial charge in [-0.05, 0) is 31.5 Å². The van der Waals surface area contributed by atoms with Crippen LogP contribution in [0.4, 0.5) is 0 Å². The molecule has 2 atom stereocenters. The van der Waals surface area contributed by atoms with Gasteiger partial charge in [-0.1, -0.05) is 0 Å². The summed E-state index contributed by atoms with van der Waals surface area (Å²) in [7, 11) is 2.09. The minimum atomic E-state index is 0.411. The predicted octanol–water partition coefficient (Wildman–Crippen LogP) is 1.69. The van der Waals surface area contributed by atoms with Crippen LogP contribution in [0, 0.1) is 17.2 Å². The maximum absolute atomic E-state index is 8.70. The van der Waals surface area contributed by atoms with Crippen LogP contribution in [0.25, 0.3) is 0 Å². The molecule has 0 unspecified atom stereocenters. The van der Waals surface area contributed by atoms with E-state index in [4.69, 9.17) is 10.00 Å². The quantitative estimate of drug-likeness (QED) is 0.791. The van der Waals surface area contributed by atoms with E-state index in [1.807, 2.05) is 12.1 Å². The van der Waals surface area contributed by atoms with Crippen LogP contribution in [-0.4, -0.2) is 36.1 Å². The molecular formula is C13H17N3O. The molecule has 0 aromatic carbocycles. The number of hydrogen-bond donors (Lipinski definition) is 0. The Bertz CT molecular complexity index is 387. The van der Waals surface area contributed by atoms with E-state index >= 15 is 0 Å². The second-order valence-corrected chi connectivity index (χ2v) is 4.56. The number of nitrogens with zero attached hydrogens (tertiary/aromatic N) is 3. The summed E-state index contributed by atoms with van der Waals surface area (Å²) in [6.07, 6.45) is 5.15. The van der Waals surface area contributed by atoms with Crippen molar-refractivity contribution in [2.24, 2.45) is 5.92 Å². The van der Waals surface area contributed by atoms with E-state index in [9.17, 15) is 0 Å². The highest BCUT2D eigenvalue weighted by Gasteiger charge is 2.29. The van der Waals surface area contributed by atoms with Crippen LogP contribution in [-0.2, 0) is 0 Å². The Morgan fingerprint density at radius 2 is 2.53 bits per heavy atom. The van der Waals surface area contributed by atoms with Gasteiger partial charge in [-0.3, -0.25) is 9.88 Å². The molecule has 90 valence electrons. The number of nitriles is 1. The van der Waals surface area contributed by atoms with Crippen molar-refractivity contribution in [3.05, 3.63) is 24.5 Å². The van der Waals surface area contributed by atoms with Gasteiger partial charge in [-0.2, -0.15) is 5.26 Å². The van der Waals surface area contributed by atoms with Gasteiger partial charge in [-0.15, -0.1) is 0 Å². The highest BCUT2D eigenvalue weighted by molar-refractivity contribution is 5.15. The van der Waals surface area contributed by atoms with Crippen LogP contribution in [0.3, 0.4) is 0 Å². The van der Waals surface area contributed by atoms with Gasteiger partial charge in [0.05, 0.1) is 12.3 Å². The maximum atomic E-state index is 8.70. The largest absolute Gasteiger partial charge is 0.490 e. The summed E-state index contributed by atoms with van der Waals surface area (Å²) < 4.78 is 5.70. The topological polar surface area (TPSA) is 49.2 Å². The Kier molecular flexibility index (Phi) is 3.94. The van der Waals surface area contributed by atoms with Gasteiger partial charge in [-0.25, -0.2) is 0 Å². The van der Waals surface area contributed by atoms with Gasteiger partial charge in [0.15, 0.2) is 0 Å². The van der Waals surface area contributed by atoms with Gasteiger partial charge in [0.1, 0.15) is 12.4 Å². The summed E-state index contributed by atoms with van der Waals surface area (Å²) in [5.74, 6) is 1.30. The molecule has 0 radical (unpaired) electrons. The van der Waals surface area contributed by atoms with Crippen molar-refractivity contribution < 1.29 is 4.74 Å². The molecule has 4 heteroatoms. The zero-order valence-corrected chi connectivity index (χ0v) is 10.0. The summed E-state index contributed by atoms with van der Waals surface area (Å²) in [4.78, 5) is 6.29. The number of hydrogen-bond acceptors (Lipinski definition) is 4. The van der Waals surface area contributed by atoms with Crippen LogP contribution in [0.5, 0.6) is 5.75 Å². The van der Waals surface area contributed by atoms with Crippen molar-refractivity contribution in [1.82, 2.24) is 9.88 Å². The molecule has 1 aliphatic heterocycles. The van der Waals surface area contributed by atoms with Crippen LogP contribution in [0.2, 0.25) is 0 Å². The first-order valence-corrected chi connectivity index (χ1v) is 5.89. The Morgan fingerprint density at radius 3 is 3.24 bits per heavy atom. The molecule has 0 amide bonds. The van der Waals surface area contributed by atoms with Gasteiger partial charge in [0, 0.05) is 25.2 Å². The minimum absolute atomic E-state index is 0.411. The smallest absolute Gasteiger partial charge is 0.137 e. The Labute approximate surface area is 102 Å². The first-order chi connectivity index (χ1) is 8.29. The summed E-state index contributed by atoms with van der Waals surface area (Å²) in [6, 6.07) is 6.44. The predicted molar refractivity (Wildman–Crippen MR) is 64.5 cm³/mol. The van der Waals surface area contributed by atoms with Crippen molar-refractivity contribution in [3.63, 3.8) is 0 Å². The fraction of sp³-hybridized carbons (Fsp3) is 0.538. The lowest BCUT2D eigenvalue weighted by Gasteiger charge is -2.19. The first kappa shape index (κ1) is 11.9. The van der Waals surface area contributed by atoms with Crippen LogP contribution in [0.1, 0.15) is 12.8 Å². The molecule has 1 aromatic heterocycles. The van der Waals surface area contributed by atoms with Gasteiger partial charge < -0.3 is 4.74 Å². The molecule has 2 rings (SSSR count). The van der Waals surface area contributed by atoms with E-state index in [0.29, 0.717) is 25.0 Å². The third-order valence-corrected chi connectivity index (χ3v) is 3.23. The number of rotatable bonds is 4. The summed E-state index contributed by atoms with van der Waals surface area (Å²) in [6.45, 7) is 1.67. The number of aromatic nitrogens is 1. The zero-order valence-electron chi connectivity index (χ0n) is 10.0. The summed E-state index contributed by atoms with van der Waals surface area (Å²) in [5, 5.41) is 8.70. The fourth-order valence-corrected chi connectivity index (χ4v) is 2.29. The van der Waals surface area contributed by atoms with Crippen LogP contribution < -0.4 is 4.74 Å². The standard InChI is InChI=1S/C13H17N3O/c1-16-9-11(4-5-14)7-12(16)10-17-13-3-2-6-15-8-13/h2-3,6,8,11-12H,4,7,9-10H2,1H3/t11-,12+/m1/s1. The Balaban J connectivity index is 1.82. The SMILES string of the molecule is CN1C[C@H](CC#N)C[C@H]1COc1cccnc1. The molecule has 0 aliphatic carbocycles. The van der Waals surface area contributed by atoms with Crippen molar-refractivity contribution in [2.45, 2.75) is 18.9 Å². The van der Waals surface area contributed by atoms with E-state index in [0.717, 1.165) is 18.7 Å². The molecule has 1 fully saturated rings. The molecule has 2 heterocycles. The average molecular weight is 231 g/mol. The van der Waals surface area contributed by atoms with Crippen LogP contribution >= 0.6 is 0 Å². The van der Waals surface area contributed by atoms with Crippen molar-refractivity contribution in [3.8, 4) is 11.8 Å². The maximum Gasteiger partial charge on any atom is 0.137 e. The van der Waals surface area contributed by atoms with E-state index < -0.39 is 0 Å². The van der Waals surface area contributed by atoms with Crippen molar-refractivity contribution in [2.75, 3.05) is 20.2 Å². The Morgan fingerprint density at radius 1 is 1.65 bits per heavy atom. The first-order valence-electron chi connectivity index (χ1n) is 5.89. The van der Waals surface area contributed by atoms with Gasteiger partial charge in [0.2, 0.25) is 0 Å². The molecule has 1 aliphatic rings. The molecule has 0 spiro atoms. The lowest BCUT2D eigenvalue weighted by Crippen LogP contribution is -2.30. The number of pyridine rings is 1. The molecule has 1 saturated heterocycles. The molecule has 0 bridgehead atoms. The third kappa shape index (κ3) is 3.18. The molecule has 17 heavy (non-hydrogen) atoms. The Hall–Kier alpha value is -1.60. The number of likely N-dealkylation sites (tertiary alicyclic amines) is 1. The highest BCUT2D eigenvalue weighted by atomic mass is 16.5. The lowest BCUT2D eigenvalue weighted by molar-refractivity contribution is 0.198. The average Bonchev–Trinajstić information content (AvgIpc) is 2.69. The fourth-order valence-electron chi connectivity index (χ4n) is 2.29. The molecule has 0 N–H and O–H groups in total. The van der Waals surface area contributed by atoms with Gasteiger partial charge >= 0.3 is 0 Å². The summed E-state index contributed by atoms with van der Waals surface area (Å²) >= 11 is 0. The van der Waals surface area contributed by atoms with Gasteiger partial charge in [0.25, 0.3) is 0 Å². The molecule has 1 aromatic rings. The van der Waals surface area contributed by atoms with Crippen molar-refractivity contribution >= 4 is 0 Å². The monoisotopic (exact) mass is 231 g/mol. The van der Waals surface area contributed by atoms with E-state index in [2.05, 4.69) is 23.0 Å². The molecular weight excluding hydrogens is 214 g/mol. The summed E-state index contributed by atoms with van der Waals surface area (Å²) in [5.41, 5.74) is 0. The number of ether oxygens (including phenoxy) is 1. The van der Waals surface area contributed by atoms with E-state index in [-0.39, 0.29) is 0 Å². The minimum Gasteiger partial charge on any atom is -0.490 e. The molecule has 4 nitrogen and oxygen atoms in total. The van der Waals surface area contributed by atoms with E-state index in [1.165, 1.54) is 0 Å². The van der Waals surface area contributed by atoms with Crippen LogP contribution in [0.15, 0.2) is 24.5 Å². The normalized spacial score (nSPS) is 24.5. The zero-order chi connectivity index (χ0) is 12.1. The second kappa shape index (κ2) is 5.65. The lowest BCUT2D eigenvalue weighted by atomic mass is 10.0. The van der Waals surface area contributed by atoms with Crippen molar-refractivity contribution in [1.29, 1.82) is 5.26 Å².